The van der Waals surface area contributed by atoms with E-state index in [4.69, 9.17) is 0 Å². The number of hydrogen-bond donors (Lipinski definition) is 0. The van der Waals surface area contributed by atoms with Crippen LogP contribution in [0.2, 0.25) is 0 Å². The van der Waals surface area contributed by atoms with Crippen molar-refractivity contribution in [2.45, 2.75) is 49.4 Å². The van der Waals surface area contributed by atoms with Crippen LogP contribution in [0.4, 0.5) is 52.7 Å². The predicted octanol–water partition coefficient (Wildman–Crippen LogP) is 5.39. The molecule has 0 atom stereocenters. The second kappa shape index (κ2) is 5.75. The first-order valence-electron chi connectivity index (χ1n) is 5.07. The summed E-state index contributed by atoms with van der Waals surface area (Å²) in [5.74, 6) is -17.4. The van der Waals surface area contributed by atoms with Crippen molar-refractivity contribution >= 4 is 0 Å². The van der Waals surface area contributed by atoms with Crippen molar-refractivity contribution < 1.29 is 52.7 Å². The van der Waals surface area contributed by atoms with Crippen molar-refractivity contribution in [1.82, 2.24) is 0 Å². The highest BCUT2D eigenvalue weighted by Gasteiger charge is 2.72. The normalized spacial score (nSPS) is 15.4. The fourth-order valence-electron chi connectivity index (χ4n) is 1.07. The lowest BCUT2D eigenvalue weighted by Crippen LogP contribution is -2.52. The largest absolute Gasteiger partial charge is 0.459 e. The van der Waals surface area contributed by atoms with Gasteiger partial charge in [0.15, 0.2) is 0 Å². The number of unbranched alkanes of at least 4 members (excludes halogenated alkanes) is 1. The molecule has 1 radical (unpaired) electrons. The first-order chi connectivity index (χ1) is 8.96. The maximum Gasteiger partial charge on any atom is 0.459 e. The summed E-state index contributed by atoms with van der Waals surface area (Å²) in [6.45, 7) is 0. The molecule has 127 valence electrons. The first kappa shape index (κ1) is 20.2. The van der Waals surface area contributed by atoms with Gasteiger partial charge in [0.1, 0.15) is 0 Å². The Labute approximate surface area is 110 Å². The monoisotopic (exact) mass is 343 g/mol. The number of hydrogen-bond acceptors (Lipinski definition) is 0. The summed E-state index contributed by atoms with van der Waals surface area (Å²) in [6, 6.07) is 0. The SMILES string of the molecule is FC(F)(F)C(F)(F)CCC[CH]C(F)(F)C(F)(F)C(F)(F)F. The standard InChI is InChI=1S/C9H7F12/c10-5(11,7(14,15)9(19,20)21)3-1-2-4-6(12,13)8(16,17)18/h3H,1-2,4H2. The van der Waals surface area contributed by atoms with E-state index in [9.17, 15) is 52.7 Å². The van der Waals surface area contributed by atoms with Gasteiger partial charge in [0.25, 0.3) is 0 Å². The van der Waals surface area contributed by atoms with Crippen molar-refractivity contribution in [3.8, 4) is 0 Å². The van der Waals surface area contributed by atoms with Crippen molar-refractivity contribution in [2.75, 3.05) is 0 Å². The quantitative estimate of drug-likeness (QED) is 0.448. The Hall–Kier alpha value is -0.840. The Bertz CT molecular complexity index is 336. The van der Waals surface area contributed by atoms with E-state index >= 15 is 0 Å². The molecule has 21 heavy (non-hydrogen) atoms. The number of alkyl halides is 12. The molecule has 0 aromatic rings. The third-order valence-corrected chi connectivity index (χ3v) is 2.28. The maximum atomic E-state index is 12.6. The predicted molar refractivity (Wildman–Crippen MR) is 45.1 cm³/mol. The minimum atomic E-state index is -6.59. The third kappa shape index (κ3) is 4.56. The molecular formula is C9H7F12. The van der Waals surface area contributed by atoms with Gasteiger partial charge in [0.2, 0.25) is 0 Å². The Kier molecular flexibility index (Phi) is 5.52. The summed E-state index contributed by atoms with van der Waals surface area (Å²) in [7, 11) is 0. The summed E-state index contributed by atoms with van der Waals surface area (Å²) in [4.78, 5) is 0. The maximum absolute atomic E-state index is 12.6. The van der Waals surface area contributed by atoms with Crippen LogP contribution in [0.5, 0.6) is 0 Å². The van der Waals surface area contributed by atoms with Crippen LogP contribution in [0, 0.1) is 6.42 Å². The van der Waals surface area contributed by atoms with Crippen LogP contribution in [0.3, 0.4) is 0 Å². The molecule has 0 heterocycles. The second-order valence-electron chi connectivity index (χ2n) is 3.99. The van der Waals surface area contributed by atoms with Crippen molar-refractivity contribution in [1.29, 1.82) is 0 Å². The molecule has 0 aliphatic carbocycles. The van der Waals surface area contributed by atoms with E-state index in [1.165, 1.54) is 0 Å². The fourth-order valence-corrected chi connectivity index (χ4v) is 1.07. The van der Waals surface area contributed by atoms with Gasteiger partial charge in [-0.1, -0.05) is 0 Å². The van der Waals surface area contributed by atoms with Gasteiger partial charge in [-0.25, -0.2) is 0 Å². The molecule has 0 nitrogen and oxygen atoms in total. The van der Waals surface area contributed by atoms with Crippen LogP contribution in [-0.4, -0.2) is 30.1 Å². The molecule has 0 saturated heterocycles. The lowest BCUT2D eigenvalue weighted by Gasteiger charge is -2.28. The summed E-state index contributed by atoms with van der Waals surface area (Å²) in [5, 5.41) is 0. The zero-order valence-electron chi connectivity index (χ0n) is 9.73. The molecule has 12 heteroatoms. The molecule has 0 aliphatic rings. The average Bonchev–Trinajstić information content (AvgIpc) is 2.21. The van der Waals surface area contributed by atoms with Crippen molar-refractivity contribution in [3.05, 3.63) is 6.42 Å². The highest BCUT2D eigenvalue weighted by molar-refractivity contribution is 5.00. The van der Waals surface area contributed by atoms with Crippen LogP contribution in [0.15, 0.2) is 0 Å². The van der Waals surface area contributed by atoms with Crippen LogP contribution in [-0.2, 0) is 0 Å². The van der Waals surface area contributed by atoms with Gasteiger partial charge in [0, 0.05) is 12.8 Å². The molecule has 0 bridgehead atoms. The lowest BCUT2D eigenvalue weighted by atomic mass is 10.0. The second-order valence-corrected chi connectivity index (χ2v) is 3.99. The summed E-state index contributed by atoms with van der Waals surface area (Å²) >= 11 is 0. The fraction of sp³-hybridized carbons (Fsp3) is 0.889. The highest BCUT2D eigenvalue weighted by atomic mass is 19.4. The number of rotatable bonds is 6. The van der Waals surface area contributed by atoms with Crippen LogP contribution in [0.1, 0.15) is 19.3 Å². The Morgan fingerprint density at radius 2 is 1.05 bits per heavy atom. The van der Waals surface area contributed by atoms with Crippen LogP contribution >= 0.6 is 0 Å². The molecule has 0 aliphatic heterocycles. The minimum Gasteiger partial charge on any atom is -0.199 e. The molecule has 0 rings (SSSR count). The molecule has 0 unspecified atom stereocenters. The molecule has 0 aromatic carbocycles. The highest BCUT2D eigenvalue weighted by Crippen LogP contribution is 2.48. The van der Waals surface area contributed by atoms with Crippen molar-refractivity contribution in [3.63, 3.8) is 0 Å². The summed E-state index contributed by atoms with van der Waals surface area (Å²) < 4.78 is 145. The zero-order chi connectivity index (χ0) is 17.3. The van der Waals surface area contributed by atoms with E-state index in [1.54, 1.807) is 0 Å². The van der Waals surface area contributed by atoms with Crippen LogP contribution in [0.25, 0.3) is 0 Å². The molecule has 0 aromatic heterocycles. The molecule has 0 N–H and O–H groups in total. The van der Waals surface area contributed by atoms with E-state index in [1.807, 2.05) is 0 Å². The summed E-state index contributed by atoms with van der Waals surface area (Å²) in [5.41, 5.74) is 0. The number of halogens is 12. The average molecular weight is 343 g/mol. The third-order valence-electron chi connectivity index (χ3n) is 2.28. The van der Waals surface area contributed by atoms with E-state index in [2.05, 4.69) is 0 Å². The van der Waals surface area contributed by atoms with Gasteiger partial charge < -0.3 is 0 Å². The van der Waals surface area contributed by atoms with Gasteiger partial charge >= 0.3 is 30.1 Å². The minimum absolute atomic E-state index is 0.924. The van der Waals surface area contributed by atoms with Crippen LogP contribution < -0.4 is 0 Å². The summed E-state index contributed by atoms with van der Waals surface area (Å²) in [6.07, 6.45) is -18.3. The van der Waals surface area contributed by atoms with E-state index in [-0.39, 0.29) is 0 Å². The van der Waals surface area contributed by atoms with Gasteiger partial charge in [0.05, 0.1) is 0 Å². The van der Waals surface area contributed by atoms with Crippen molar-refractivity contribution in [2.24, 2.45) is 0 Å². The Morgan fingerprint density at radius 3 is 1.38 bits per heavy atom. The molecular weight excluding hydrogens is 336 g/mol. The van der Waals surface area contributed by atoms with E-state index < -0.39 is 55.8 Å². The molecule has 0 saturated carbocycles. The lowest BCUT2D eigenvalue weighted by molar-refractivity contribution is -0.346. The van der Waals surface area contributed by atoms with Gasteiger partial charge in [-0.05, 0) is 12.8 Å². The molecule has 0 fully saturated rings. The first-order valence-corrected chi connectivity index (χ1v) is 5.07. The van der Waals surface area contributed by atoms with E-state index in [0.29, 0.717) is 0 Å². The Balaban J connectivity index is 4.55. The van der Waals surface area contributed by atoms with Gasteiger partial charge in [-0.3, -0.25) is 0 Å². The molecule has 0 amide bonds. The molecule has 0 spiro atoms. The smallest absolute Gasteiger partial charge is 0.199 e. The van der Waals surface area contributed by atoms with Gasteiger partial charge in [-0.2, -0.15) is 52.7 Å². The Morgan fingerprint density at radius 1 is 0.619 bits per heavy atom. The zero-order valence-corrected chi connectivity index (χ0v) is 9.73. The van der Waals surface area contributed by atoms with Gasteiger partial charge in [-0.15, -0.1) is 0 Å². The van der Waals surface area contributed by atoms with E-state index in [0.717, 1.165) is 0 Å². The topological polar surface area (TPSA) is 0 Å².